The lowest BCUT2D eigenvalue weighted by Crippen LogP contribution is -2.25. The van der Waals surface area contributed by atoms with Gasteiger partial charge in [-0.1, -0.05) is 23.4 Å². The van der Waals surface area contributed by atoms with E-state index in [9.17, 15) is 0 Å². The Balaban J connectivity index is 2.86. The van der Waals surface area contributed by atoms with Gasteiger partial charge in [-0.05, 0) is 19.6 Å². The Labute approximate surface area is 105 Å². The van der Waals surface area contributed by atoms with Gasteiger partial charge in [-0.2, -0.15) is 0 Å². The number of rotatable bonds is 6. The largest absolute Gasteiger partial charge is 0.396 e. The highest BCUT2D eigenvalue weighted by atomic mass is 35.5. The molecule has 1 rings (SSSR count). The van der Waals surface area contributed by atoms with E-state index in [-0.39, 0.29) is 6.61 Å². The monoisotopic (exact) mass is 261 g/mol. The van der Waals surface area contributed by atoms with Gasteiger partial charge >= 0.3 is 0 Å². The number of aromatic nitrogens is 2. The predicted octanol–water partition coefficient (Wildman–Crippen LogP) is 2.06. The van der Waals surface area contributed by atoms with Crippen LogP contribution in [-0.2, 0) is 0 Å². The van der Waals surface area contributed by atoms with E-state index in [2.05, 4.69) is 14.9 Å². The Morgan fingerprint density at radius 2 is 2.25 bits per heavy atom. The molecule has 0 amide bonds. The summed E-state index contributed by atoms with van der Waals surface area (Å²) in [5.41, 5.74) is 0. The lowest BCUT2D eigenvalue weighted by Gasteiger charge is -2.21. The van der Waals surface area contributed by atoms with Crippen LogP contribution in [0.1, 0.15) is 13.3 Å². The van der Waals surface area contributed by atoms with Crippen molar-refractivity contribution in [2.75, 3.05) is 30.9 Å². The van der Waals surface area contributed by atoms with Crippen LogP contribution < -0.4 is 4.90 Å². The molecule has 0 spiro atoms. The Bertz CT molecular complexity index is 338. The molecule has 0 unspecified atom stereocenters. The highest BCUT2D eigenvalue weighted by Gasteiger charge is 2.08. The summed E-state index contributed by atoms with van der Waals surface area (Å²) in [4.78, 5) is 10.6. The summed E-state index contributed by atoms with van der Waals surface area (Å²) in [6.07, 6.45) is 2.64. The van der Waals surface area contributed by atoms with E-state index in [0.717, 1.165) is 25.3 Å². The highest BCUT2D eigenvalue weighted by Crippen LogP contribution is 2.20. The summed E-state index contributed by atoms with van der Waals surface area (Å²) >= 11 is 7.39. The van der Waals surface area contributed by atoms with E-state index in [1.54, 1.807) is 6.07 Å². The van der Waals surface area contributed by atoms with Crippen LogP contribution in [-0.4, -0.2) is 41.0 Å². The van der Waals surface area contributed by atoms with Gasteiger partial charge in [0, 0.05) is 25.8 Å². The molecule has 4 nitrogen and oxygen atoms in total. The van der Waals surface area contributed by atoms with Crippen LogP contribution in [0.5, 0.6) is 0 Å². The maximum Gasteiger partial charge on any atom is 0.190 e. The van der Waals surface area contributed by atoms with Gasteiger partial charge in [-0.15, -0.1) is 0 Å². The number of anilines is 1. The second kappa shape index (κ2) is 6.93. The lowest BCUT2D eigenvalue weighted by atomic mass is 10.4. The van der Waals surface area contributed by atoms with E-state index in [4.69, 9.17) is 16.7 Å². The van der Waals surface area contributed by atoms with Crippen molar-refractivity contribution in [1.29, 1.82) is 0 Å². The molecule has 16 heavy (non-hydrogen) atoms. The molecule has 0 radical (unpaired) electrons. The molecule has 1 aromatic heterocycles. The quantitative estimate of drug-likeness (QED) is 0.483. The smallest absolute Gasteiger partial charge is 0.190 e. The summed E-state index contributed by atoms with van der Waals surface area (Å²) in [5.74, 6) is 0.820. The fraction of sp³-hybridized carbons (Fsp3) is 0.600. The molecule has 0 aliphatic heterocycles. The zero-order chi connectivity index (χ0) is 12.0. The van der Waals surface area contributed by atoms with Crippen molar-refractivity contribution in [3.05, 3.63) is 11.2 Å². The zero-order valence-corrected chi connectivity index (χ0v) is 11.1. The fourth-order valence-electron chi connectivity index (χ4n) is 1.33. The number of hydrogen-bond donors (Lipinski definition) is 1. The highest BCUT2D eigenvalue weighted by molar-refractivity contribution is 7.98. The molecule has 6 heteroatoms. The second-order valence-electron chi connectivity index (χ2n) is 3.19. The minimum Gasteiger partial charge on any atom is -0.396 e. The SMILES string of the molecule is CCN(CCCO)c1cc(Cl)nc(SC)n1. The third kappa shape index (κ3) is 3.81. The van der Waals surface area contributed by atoms with E-state index in [1.165, 1.54) is 11.8 Å². The third-order valence-corrected chi connectivity index (χ3v) is 2.88. The predicted molar refractivity (Wildman–Crippen MR) is 68.4 cm³/mol. The summed E-state index contributed by atoms with van der Waals surface area (Å²) in [6, 6.07) is 1.75. The molecule has 0 bridgehead atoms. The van der Waals surface area contributed by atoms with Gasteiger partial charge in [0.05, 0.1) is 0 Å². The Kier molecular flexibility index (Phi) is 5.87. The van der Waals surface area contributed by atoms with Gasteiger partial charge in [-0.3, -0.25) is 0 Å². The van der Waals surface area contributed by atoms with Crippen LogP contribution in [0.3, 0.4) is 0 Å². The van der Waals surface area contributed by atoms with E-state index < -0.39 is 0 Å². The molecule has 1 heterocycles. The first-order chi connectivity index (χ1) is 7.71. The number of aliphatic hydroxyl groups excluding tert-OH is 1. The van der Waals surface area contributed by atoms with Crippen LogP contribution in [0.2, 0.25) is 5.15 Å². The molecule has 0 aliphatic rings. The van der Waals surface area contributed by atoms with E-state index in [0.29, 0.717) is 10.3 Å². The minimum absolute atomic E-state index is 0.185. The first-order valence-electron chi connectivity index (χ1n) is 5.15. The molecule has 0 atom stereocenters. The van der Waals surface area contributed by atoms with Gasteiger partial charge in [-0.25, -0.2) is 9.97 Å². The Morgan fingerprint density at radius 3 is 2.81 bits per heavy atom. The fourth-order valence-corrected chi connectivity index (χ4v) is 1.94. The molecule has 90 valence electrons. The van der Waals surface area contributed by atoms with Crippen molar-refractivity contribution in [3.8, 4) is 0 Å². The Morgan fingerprint density at radius 1 is 1.50 bits per heavy atom. The molecule has 1 N–H and O–H groups in total. The standard InChI is InChI=1S/C10H16ClN3OS/c1-3-14(5-4-6-15)9-7-8(11)12-10(13-9)16-2/h7,15H,3-6H2,1-2H3. The second-order valence-corrected chi connectivity index (χ2v) is 4.35. The number of nitrogens with zero attached hydrogens (tertiary/aromatic N) is 3. The van der Waals surface area contributed by atoms with Crippen LogP contribution >= 0.6 is 23.4 Å². The molecule has 0 saturated heterocycles. The van der Waals surface area contributed by atoms with Crippen molar-refractivity contribution >= 4 is 29.2 Å². The van der Waals surface area contributed by atoms with Gasteiger partial charge in [0.2, 0.25) is 0 Å². The lowest BCUT2D eigenvalue weighted by molar-refractivity contribution is 0.289. The number of thioether (sulfide) groups is 1. The van der Waals surface area contributed by atoms with Crippen molar-refractivity contribution in [2.45, 2.75) is 18.5 Å². The van der Waals surface area contributed by atoms with Crippen LogP contribution in [0.25, 0.3) is 0 Å². The molecule has 0 fully saturated rings. The van der Waals surface area contributed by atoms with Gasteiger partial charge in [0.1, 0.15) is 11.0 Å². The van der Waals surface area contributed by atoms with Crippen molar-refractivity contribution in [3.63, 3.8) is 0 Å². The molecule has 1 aromatic rings. The van der Waals surface area contributed by atoms with Crippen molar-refractivity contribution < 1.29 is 5.11 Å². The molecule has 0 aromatic carbocycles. The number of aliphatic hydroxyl groups is 1. The molecular weight excluding hydrogens is 246 g/mol. The maximum atomic E-state index is 8.82. The summed E-state index contributed by atoms with van der Waals surface area (Å²) in [5, 5.41) is 9.95. The average molecular weight is 262 g/mol. The zero-order valence-electron chi connectivity index (χ0n) is 9.48. The van der Waals surface area contributed by atoms with E-state index >= 15 is 0 Å². The normalized spacial score (nSPS) is 10.5. The van der Waals surface area contributed by atoms with Crippen LogP contribution in [0.4, 0.5) is 5.82 Å². The Hall–Kier alpha value is -0.520. The topological polar surface area (TPSA) is 49.2 Å². The maximum absolute atomic E-state index is 8.82. The number of hydrogen-bond acceptors (Lipinski definition) is 5. The third-order valence-electron chi connectivity index (χ3n) is 2.14. The van der Waals surface area contributed by atoms with Crippen molar-refractivity contribution in [1.82, 2.24) is 9.97 Å². The summed E-state index contributed by atoms with van der Waals surface area (Å²) < 4.78 is 0. The minimum atomic E-state index is 0.185. The van der Waals surface area contributed by atoms with Crippen LogP contribution in [0.15, 0.2) is 11.2 Å². The molecular formula is C10H16ClN3OS. The number of halogens is 1. The summed E-state index contributed by atoms with van der Waals surface area (Å²) in [7, 11) is 0. The van der Waals surface area contributed by atoms with Gasteiger partial charge in [0.15, 0.2) is 5.16 Å². The van der Waals surface area contributed by atoms with Crippen molar-refractivity contribution in [2.24, 2.45) is 0 Å². The van der Waals surface area contributed by atoms with Crippen LogP contribution in [0, 0.1) is 0 Å². The molecule has 0 aliphatic carbocycles. The van der Waals surface area contributed by atoms with E-state index in [1.807, 2.05) is 13.2 Å². The van der Waals surface area contributed by atoms with Gasteiger partial charge < -0.3 is 10.0 Å². The first-order valence-corrected chi connectivity index (χ1v) is 6.76. The first kappa shape index (κ1) is 13.5. The average Bonchev–Trinajstić information content (AvgIpc) is 2.29. The van der Waals surface area contributed by atoms with Gasteiger partial charge in [0.25, 0.3) is 0 Å². The molecule has 0 saturated carbocycles. The summed E-state index contributed by atoms with van der Waals surface area (Å²) in [6.45, 7) is 3.84.